The van der Waals surface area contributed by atoms with E-state index in [1.54, 1.807) is 14.0 Å². The van der Waals surface area contributed by atoms with Crippen molar-refractivity contribution in [3.8, 4) is 0 Å². The third kappa shape index (κ3) is 2.34. The molecule has 1 fully saturated rings. The number of Topliss-reactive ketones (excluding diaryl/α,β-unsaturated/α-hetero) is 1. The Morgan fingerprint density at radius 2 is 2.33 bits per heavy atom. The van der Waals surface area contributed by atoms with Crippen LogP contribution in [0.3, 0.4) is 0 Å². The van der Waals surface area contributed by atoms with Gasteiger partial charge in [0.25, 0.3) is 0 Å². The normalized spacial score (nSPS) is 19.9. The number of nitrogens with zero attached hydrogens (tertiary/aromatic N) is 4. The van der Waals surface area contributed by atoms with Gasteiger partial charge in [0.05, 0.1) is 4.92 Å². The zero-order chi connectivity index (χ0) is 13.3. The monoisotopic (exact) mass is 252 g/mol. The van der Waals surface area contributed by atoms with Crippen LogP contribution in [0.1, 0.15) is 19.8 Å². The number of nitro groups is 1. The van der Waals surface area contributed by atoms with Gasteiger partial charge in [0.1, 0.15) is 12.0 Å². The Morgan fingerprint density at radius 1 is 1.61 bits per heavy atom. The number of carbonyl (C=O) groups is 1. The molecule has 0 bridgehead atoms. The number of hydrogen-bond donors (Lipinski definition) is 0. The lowest BCUT2D eigenvalue weighted by atomic mass is 9.94. The Hall–Kier alpha value is -1.92. The van der Waals surface area contributed by atoms with E-state index in [-0.39, 0.29) is 17.4 Å². The Balaban J connectivity index is 2.25. The lowest BCUT2D eigenvalue weighted by Gasteiger charge is -2.31. The van der Waals surface area contributed by atoms with E-state index >= 15 is 0 Å². The molecule has 0 aromatic carbocycles. The van der Waals surface area contributed by atoms with Gasteiger partial charge in [-0.1, -0.05) is 0 Å². The molecule has 1 aliphatic rings. The average molecular weight is 252 g/mol. The molecule has 1 atom stereocenters. The molecule has 0 spiro atoms. The minimum absolute atomic E-state index is 0.00158. The molecule has 1 aromatic rings. The Labute approximate surface area is 105 Å². The van der Waals surface area contributed by atoms with E-state index in [1.807, 2.05) is 4.90 Å². The fourth-order valence-corrected chi connectivity index (χ4v) is 2.32. The summed E-state index contributed by atoms with van der Waals surface area (Å²) < 4.78 is 1.44. The lowest BCUT2D eigenvalue weighted by molar-refractivity contribution is -0.384. The SMILES string of the molecule is CC(=O)C1CCCN(c2nn(C)cc2[N+](=O)[O-])C1. The van der Waals surface area contributed by atoms with Crippen LogP contribution in [0, 0.1) is 16.0 Å². The molecule has 0 aliphatic carbocycles. The smallest absolute Gasteiger partial charge is 0.330 e. The van der Waals surface area contributed by atoms with Crippen molar-refractivity contribution in [2.75, 3.05) is 18.0 Å². The minimum atomic E-state index is -0.431. The van der Waals surface area contributed by atoms with Crippen LogP contribution in [0.4, 0.5) is 11.5 Å². The van der Waals surface area contributed by atoms with Gasteiger partial charge in [-0.15, -0.1) is 5.10 Å². The van der Waals surface area contributed by atoms with Crippen molar-refractivity contribution in [3.63, 3.8) is 0 Å². The van der Waals surface area contributed by atoms with Crippen molar-refractivity contribution >= 4 is 17.3 Å². The number of carbonyl (C=O) groups excluding carboxylic acids is 1. The van der Waals surface area contributed by atoms with Crippen molar-refractivity contribution in [1.82, 2.24) is 9.78 Å². The average Bonchev–Trinajstić information content (AvgIpc) is 2.72. The van der Waals surface area contributed by atoms with Gasteiger partial charge in [-0.05, 0) is 19.8 Å². The Morgan fingerprint density at radius 3 is 2.94 bits per heavy atom. The van der Waals surface area contributed by atoms with E-state index in [1.165, 1.54) is 10.9 Å². The van der Waals surface area contributed by atoms with Gasteiger partial charge >= 0.3 is 5.69 Å². The van der Waals surface area contributed by atoms with E-state index in [4.69, 9.17) is 0 Å². The predicted molar refractivity (Wildman–Crippen MR) is 65.5 cm³/mol. The Kier molecular flexibility index (Phi) is 3.31. The first kappa shape index (κ1) is 12.5. The van der Waals surface area contributed by atoms with Gasteiger partial charge in [-0.25, -0.2) is 0 Å². The van der Waals surface area contributed by atoms with Crippen molar-refractivity contribution in [2.24, 2.45) is 13.0 Å². The fourth-order valence-electron chi connectivity index (χ4n) is 2.32. The molecule has 7 heteroatoms. The second-order valence-corrected chi connectivity index (χ2v) is 4.66. The summed E-state index contributed by atoms with van der Waals surface area (Å²) in [5, 5.41) is 15.1. The lowest BCUT2D eigenvalue weighted by Crippen LogP contribution is -2.38. The number of anilines is 1. The highest BCUT2D eigenvalue weighted by Gasteiger charge is 2.30. The van der Waals surface area contributed by atoms with Gasteiger partial charge in [-0.3, -0.25) is 19.6 Å². The van der Waals surface area contributed by atoms with Gasteiger partial charge in [0.15, 0.2) is 0 Å². The molecule has 1 aromatic heterocycles. The van der Waals surface area contributed by atoms with Crippen molar-refractivity contribution in [1.29, 1.82) is 0 Å². The van der Waals surface area contributed by atoms with E-state index in [2.05, 4.69) is 5.10 Å². The summed E-state index contributed by atoms with van der Waals surface area (Å²) in [6, 6.07) is 0. The number of aromatic nitrogens is 2. The van der Waals surface area contributed by atoms with Gasteiger partial charge in [-0.2, -0.15) is 0 Å². The summed E-state index contributed by atoms with van der Waals surface area (Å²) >= 11 is 0. The van der Waals surface area contributed by atoms with Gasteiger partial charge in [0, 0.05) is 26.1 Å². The number of aryl methyl sites for hydroxylation is 1. The molecule has 1 aliphatic heterocycles. The highest BCUT2D eigenvalue weighted by molar-refractivity contribution is 5.79. The molecule has 2 rings (SSSR count). The van der Waals surface area contributed by atoms with E-state index < -0.39 is 4.92 Å². The van der Waals surface area contributed by atoms with Crippen molar-refractivity contribution < 1.29 is 9.72 Å². The molecule has 98 valence electrons. The van der Waals surface area contributed by atoms with Gasteiger partial charge < -0.3 is 4.90 Å². The molecule has 7 nitrogen and oxygen atoms in total. The summed E-state index contributed by atoms with van der Waals surface area (Å²) in [5.41, 5.74) is 0.00158. The molecule has 0 amide bonds. The van der Waals surface area contributed by atoms with Gasteiger partial charge in [0.2, 0.25) is 5.82 Å². The first-order valence-corrected chi connectivity index (χ1v) is 5.92. The van der Waals surface area contributed by atoms with Crippen LogP contribution in [-0.2, 0) is 11.8 Å². The van der Waals surface area contributed by atoms with Crippen molar-refractivity contribution in [3.05, 3.63) is 16.3 Å². The molecule has 1 saturated heterocycles. The van der Waals surface area contributed by atoms with Crippen LogP contribution in [0.25, 0.3) is 0 Å². The van der Waals surface area contributed by atoms with Crippen LogP contribution in [-0.4, -0.2) is 33.6 Å². The highest BCUT2D eigenvalue weighted by Crippen LogP contribution is 2.29. The maximum Gasteiger partial charge on any atom is 0.330 e. The maximum absolute atomic E-state index is 11.4. The molecule has 0 radical (unpaired) electrons. The second-order valence-electron chi connectivity index (χ2n) is 4.66. The first-order chi connectivity index (χ1) is 8.49. The quantitative estimate of drug-likeness (QED) is 0.595. The summed E-state index contributed by atoms with van der Waals surface area (Å²) in [6.07, 6.45) is 3.11. The predicted octanol–water partition coefficient (Wildman–Crippen LogP) is 1.13. The van der Waals surface area contributed by atoms with Crippen LogP contribution in [0.15, 0.2) is 6.20 Å². The summed E-state index contributed by atoms with van der Waals surface area (Å²) in [4.78, 5) is 23.8. The largest absolute Gasteiger partial charge is 0.349 e. The highest BCUT2D eigenvalue weighted by atomic mass is 16.6. The standard InChI is InChI=1S/C11H16N4O3/c1-8(16)9-4-3-5-14(6-9)11-10(15(17)18)7-13(2)12-11/h7,9H,3-6H2,1-2H3. The maximum atomic E-state index is 11.4. The summed E-state index contributed by atoms with van der Waals surface area (Å²) in [6.45, 7) is 2.80. The minimum Gasteiger partial charge on any atom is -0.349 e. The number of ketones is 1. The third-order valence-corrected chi connectivity index (χ3v) is 3.28. The van der Waals surface area contributed by atoms with E-state index in [0.717, 1.165) is 12.8 Å². The topological polar surface area (TPSA) is 81.3 Å². The Bertz CT molecular complexity index is 483. The zero-order valence-corrected chi connectivity index (χ0v) is 10.5. The molecule has 1 unspecified atom stereocenters. The fraction of sp³-hybridized carbons (Fsp3) is 0.636. The molecule has 0 saturated carbocycles. The molecule has 2 heterocycles. The van der Waals surface area contributed by atoms with Crippen LogP contribution in [0.5, 0.6) is 0 Å². The van der Waals surface area contributed by atoms with E-state index in [0.29, 0.717) is 18.9 Å². The molecular formula is C11H16N4O3. The van der Waals surface area contributed by atoms with Crippen LogP contribution >= 0.6 is 0 Å². The third-order valence-electron chi connectivity index (χ3n) is 3.28. The summed E-state index contributed by atoms with van der Waals surface area (Å²) in [7, 11) is 1.66. The first-order valence-electron chi connectivity index (χ1n) is 5.92. The zero-order valence-electron chi connectivity index (χ0n) is 10.5. The molecule has 18 heavy (non-hydrogen) atoms. The summed E-state index contributed by atoms with van der Waals surface area (Å²) in [5.74, 6) is 0.465. The molecule has 0 N–H and O–H groups in total. The number of piperidine rings is 1. The number of rotatable bonds is 3. The number of hydrogen-bond acceptors (Lipinski definition) is 5. The van der Waals surface area contributed by atoms with Crippen LogP contribution < -0.4 is 4.90 Å². The van der Waals surface area contributed by atoms with E-state index in [9.17, 15) is 14.9 Å². The molecular weight excluding hydrogens is 236 g/mol. The van der Waals surface area contributed by atoms with Crippen LogP contribution in [0.2, 0.25) is 0 Å². The van der Waals surface area contributed by atoms with Crippen molar-refractivity contribution in [2.45, 2.75) is 19.8 Å². The second kappa shape index (κ2) is 4.75.